The molecule has 6 aliphatic rings. The van der Waals surface area contributed by atoms with Gasteiger partial charge >= 0.3 is 12.1 Å². The number of alkyl halides is 3. The summed E-state index contributed by atoms with van der Waals surface area (Å²) in [5, 5.41) is 13.0. The number of nitrogens with one attached hydrogen (secondary N) is 1. The Hall–Kier alpha value is -3.34. The second kappa shape index (κ2) is 11.2. The first-order valence-corrected chi connectivity index (χ1v) is 15.9. The predicted octanol–water partition coefficient (Wildman–Crippen LogP) is 6.00. The summed E-state index contributed by atoms with van der Waals surface area (Å²) in [5.74, 6) is -0.0151. The van der Waals surface area contributed by atoms with Crippen LogP contribution < -0.4 is 15.0 Å². The molecule has 4 bridgehead atoms. The van der Waals surface area contributed by atoms with Gasteiger partial charge in [-0.15, -0.1) is 0 Å². The first kappa shape index (κ1) is 29.4. The number of fused-ring (bicyclic) bond motifs is 1. The van der Waals surface area contributed by atoms with E-state index in [4.69, 9.17) is 9.47 Å². The summed E-state index contributed by atoms with van der Waals surface area (Å²) in [6, 6.07) is 5.54. The van der Waals surface area contributed by atoms with Gasteiger partial charge in [0, 0.05) is 31.0 Å². The molecule has 236 valence electrons. The van der Waals surface area contributed by atoms with E-state index in [0.717, 1.165) is 50.5 Å². The number of amides is 1. The van der Waals surface area contributed by atoms with E-state index in [2.05, 4.69) is 10.3 Å². The van der Waals surface area contributed by atoms with E-state index in [0.29, 0.717) is 74.6 Å². The zero-order valence-corrected chi connectivity index (χ0v) is 24.6. The molecule has 2 aromatic rings. The highest BCUT2D eigenvalue weighted by atomic mass is 19.4. The van der Waals surface area contributed by atoms with Gasteiger partial charge in [0.1, 0.15) is 17.1 Å². The molecule has 1 aromatic heterocycles. The molecular formula is C33H38F3N3O5. The minimum Gasteiger partial charge on any atom is -0.492 e. The van der Waals surface area contributed by atoms with Crippen molar-refractivity contribution in [2.24, 2.45) is 29.6 Å². The predicted molar refractivity (Wildman–Crippen MR) is 155 cm³/mol. The molecule has 2 N–H and O–H groups in total. The second-order valence-corrected chi connectivity index (χ2v) is 13.4. The van der Waals surface area contributed by atoms with Crippen molar-refractivity contribution < 1.29 is 37.3 Å². The smallest absolute Gasteiger partial charge is 0.417 e. The molecule has 2 aliphatic heterocycles. The summed E-state index contributed by atoms with van der Waals surface area (Å²) >= 11 is 0. The number of carboxylic acids is 1. The maximum Gasteiger partial charge on any atom is 0.417 e. The van der Waals surface area contributed by atoms with Crippen molar-refractivity contribution >= 4 is 23.4 Å². The average Bonchev–Trinajstić information content (AvgIpc) is 3.41. The highest BCUT2D eigenvalue weighted by Crippen LogP contribution is 2.58. The van der Waals surface area contributed by atoms with Crippen LogP contribution in [0.25, 0.3) is 0 Å². The van der Waals surface area contributed by atoms with E-state index in [9.17, 15) is 27.9 Å². The minimum atomic E-state index is -4.82. The molecule has 0 radical (unpaired) electrons. The van der Waals surface area contributed by atoms with Crippen LogP contribution in [0.4, 0.5) is 24.7 Å². The molecule has 4 aliphatic carbocycles. The van der Waals surface area contributed by atoms with Crippen molar-refractivity contribution in [1.82, 2.24) is 10.3 Å². The standard InChI is InChI=1S/C33H38F3N3O5/c34-33(35,36)28-17-25(39-7-3-22-16-26(18-37-29(22)39)44-10-6-19-4-8-43-9-5-19)1-2-27(28)30(40)38-32(31(41)42)23-12-20-11-21(14-23)15-24(32)13-20/h1-2,16-21,23-24H,3-15H2,(H,38,40)(H,41,42). The van der Waals surface area contributed by atoms with Gasteiger partial charge in [0.05, 0.1) is 23.9 Å². The number of nitrogens with zero attached hydrogens (tertiary/aromatic N) is 2. The Morgan fingerprint density at radius 2 is 1.77 bits per heavy atom. The van der Waals surface area contributed by atoms with Crippen molar-refractivity contribution in [3.05, 3.63) is 47.2 Å². The number of aromatic nitrogens is 1. The van der Waals surface area contributed by atoms with Crippen LogP contribution in [0, 0.1) is 29.6 Å². The molecule has 1 aromatic carbocycles. The summed E-state index contributed by atoms with van der Waals surface area (Å²) in [4.78, 5) is 32.5. The average molecular weight is 614 g/mol. The normalized spacial score (nSPS) is 29.5. The molecule has 1 amide bonds. The van der Waals surface area contributed by atoms with Crippen LogP contribution >= 0.6 is 0 Å². The number of halogens is 3. The van der Waals surface area contributed by atoms with Gasteiger partial charge in [-0.3, -0.25) is 4.79 Å². The summed E-state index contributed by atoms with van der Waals surface area (Å²) in [7, 11) is 0. The summed E-state index contributed by atoms with van der Waals surface area (Å²) in [6.45, 7) is 2.57. The van der Waals surface area contributed by atoms with Crippen molar-refractivity contribution in [3.8, 4) is 5.75 Å². The molecule has 0 spiro atoms. The number of carboxylic acid groups (broad SMARTS) is 1. The number of hydrogen-bond acceptors (Lipinski definition) is 6. The van der Waals surface area contributed by atoms with Gasteiger partial charge in [-0.05, 0) is 112 Å². The third-order valence-electron chi connectivity index (χ3n) is 10.9. The van der Waals surface area contributed by atoms with Crippen LogP contribution in [0.15, 0.2) is 30.5 Å². The highest BCUT2D eigenvalue weighted by Gasteiger charge is 2.62. The molecule has 0 atom stereocenters. The zero-order valence-electron chi connectivity index (χ0n) is 24.6. The van der Waals surface area contributed by atoms with Crippen molar-refractivity contribution in [3.63, 3.8) is 0 Å². The van der Waals surface area contributed by atoms with Crippen molar-refractivity contribution in [1.29, 1.82) is 0 Å². The number of rotatable bonds is 8. The number of anilines is 2. The molecule has 8 rings (SSSR count). The number of aliphatic carboxylic acids is 1. The fraction of sp³-hybridized carbons (Fsp3) is 0.606. The topological polar surface area (TPSA) is 101 Å². The van der Waals surface area contributed by atoms with E-state index in [1.165, 1.54) is 12.1 Å². The lowest BCUT2D eigenvalue weighted by Gasteiger charge is -2.59. The number of carbonyl (C=O) groups is 2. The Morgan fingerprint density at radius 3 is 2.43 bits per heavy atom. The van der Waals surface area contributed by atoms with Crippen LogP contribution in [-0.2, 0) is 22.1 Å². The molecule has 4 saturated carbocycles. The number of ether oxygens (including phenoxy) is 2. The number of carbonyl (C=O) groups excluding carboxylic acids is 1. The lowest BCUT2D eigenvalue weighted by atomic mass is 9.48. The van der Waals surface area contributed by atoms with E-state index < -0.39 is 34.7 Å². The molecule has 0 unspecified atom stereocenters. The molecule has 11 heteroatoms. The molecule has 5 fully saturated rings. The Bertz CT molecular complexity index is 1410. The van der Waals surface area contributed by atoms with Crippen molar-refractivity contribution in [2.75, 3.05) is 31.3 Å². The summed E-state index contributed by atoms with van der Waals surface area (Å²) in [5.41, 5.74) is -2.02. The van der Waals surface area contributed by atoms with Gasteiger partial charge in [0.2, 0.25) is 0 Å². The Morgan fingerprint density at radius 1 is 1.07 bits per heavy atom. The molecular weight excluding hydrogens is 575 g/mol. The fourth-order valence-electron chi connectivity index (χ4n) is 8.88. The largest absolute Gasteiger partial charge is 0.492 e. The number of benzene rings is 1. The number of pyridine rings is 1. The van der Waals surface area contributed by atoms with Gasteiger partial charge < -0.3 is 24.8 Å². The van der Waals surface area contributed by atoms with Gasteiger partial charge in [0.25, 0.3) is 5.91 Å². The van der Waals surface area contributed by atoms with Gasteiger partial charge in [0.15, 0.2) is 0 Å². The van der Waals surface area contributed by atoms with Crippen LogP contribution in [0.5, 0.6) is 5.75 Å². The summed E-state index contributed by atoms with van der Waals surface area (Å²) in [6.07, 6.45) is 4.21. The minimum absolute atomic E-state index is 0.267. The summed E-state index contributed by atoms with van der Waals surface area (Å²) < 4.78 is 54.7. The van der Waals surface area contributed by atoms with E-state index >= 15 is 0 Å². The highest BCUT2D eigenvalue weighted by molar-refractivity contribution is 6.00. The van der Waals surface area contributed by atoms with Gasteiger partial charge in [-0.25, -0.2) is 9.78 Å². The second-order valence-electron chi connectivity index (χ2n) is 13.4. The maximum absolute atomic E-state index is 14.4. The Balaban J connectivity index is 1.10. The first-order valence-electron chi connectivity index (χ1n) is 15.9. The van der Waals surface area contributed by atoms with Crippen LogP contribution in [0.3, 0.4) is 0 Å². The molecule has 3 heterocycles. The van der Waals surface area contributed by atoms with Crippen LogP contribution in [-0.4, -0.2) is 53.9 Å². The van der Waals surface area contributed by atoms with E-state index in [1.807, 2.05) is 6.07 Å². The Labute approximate surface area is 254 Å². The van der Waals surface area contributed by atoms with Gasteiger partial charge in [-0.1, -0.05) is 0 Å². The lowest BCUT2D eigenvalue weighted by Crippen LogP contribution is -2.70. The molecule has 1 saturated heterocycles. The van der Waals surface area contributed by atoms with Gasteiger partial charge in [-0.2, -0.15) is 13.2 Å². The third-order valence-corrected chi connectivity index (χ3v) is 10.9. The first-order chi connectivity index (χ1) is 21.1. The monoisotopic (exact) mass is 613 g/mol. The number of hydrogen-bond donors (Lipinski definition) is 2. The lowest BCUT2D eigenvalue weighted by molar-refractivity contribution is -0.163. The van der Waals surface area contributed by atoms with Crippen molar-refractivity contribution in [2.45, 2.75) is 69.5 Å². The third kappa shape index (κ3) is 5.20. The SMILES string of the molecule is O=C(NC1(C(=O)O)C2CC3CC(C2)CC1C3)c1ccc(N2CCc3cc(OCCC4CCOCC4)cnc32)cc1C(F)(F)F. The van der Waals surface area contributed by atoms with Crippen LogP contribution in [0.1, 0.15) is 72.9 Å². The molecule has 44 heavy (non-hydrogen) atoms. The Kier molecular flexibility index (Phi) is 7.50. The van der Waals surface area contributed by atoms with E-state index in [1.54, 1.807) is 11.1 Å². The fourth-order valence-corrected chi connectivity index (χ4v) is 8.88. The van der Waals surface area contributed by atoms with E-state index in [-0.39, 0.29) is 17.5 Å². The van der Waals surface area contributed by atoms with Crippen LogP contribution in [0.2, 0.25) is 0 Å². The molecule has 8 nitrogen and oxygen atoms in total. The zero-order chi connectivity index (χ0) is 30.6. The quantitative estimate of drug-likeness (QED) is 0.377. The maximum atomic E-state index is 14.4.